The second-order valence-corrected chi connectivity index (χ2v) is 3.08. The van der Waals surface area contributed by atoms with Gasteiger partial charge in [-0.2, -0.15) is 0 Å². The molecule has 1 aromatic heterocycles. The molecule has 2 aromatic rings. The molecule has 2 nitrogen and oxygen atoms in total. The van der Waals surface area contributed by atoms with Crippen LogP contribution in [-0.2, 0) is 0 Å². The maximum absolute atomic E-state index is 5.97. The molecule has 0 unspecified atom stereocenters. The van der Waals surface area contributed by atoms with Crippen molar-refractivity contribution >= 4 is 11.6 Å². The molecule has 1 heterocycles. The third-order valence-corrected chi connectivity index (χ3v) is 2.21. The van der Waals surface area contributed by atoms with Gasteiger partial charge >= 0.3 is 0 Å². The lowest BCUT2D eigenvalue weighted by atomic mass is 10.2. The van der Waals surface area contributed by atoms with Crippen molar-refractivity contribution in [2.75, 3.05) is 0 Å². The standard InChI is InChI=1S/C10H7ClNO/c1-7-9(11)10(13-12-7)8-5-3-2-4-6-8/h2-3,5-6H,1H3. The lowest BCUT2D eigenvalue weighted by molar-refractivity contribution is 0.427. The maximum atomic E-state index is 5.97. The Morgan fingerprint density at radius 2 is 2.38 bits per heavy atom. The highest BCUT2D eigenvalue weighted by Crippen LogP contribution is 2.29. The molecule has 0 N–H and O–H groups in total. The van der Waals surface area contributed by atoms with Gasteiger partial charge in [0.05, 0.1) is 5.69 Å². The van der Waals surface area contributed by atoms with Gasteiger partial charge in [0.25, 0.3) is 0 Å². The highest BCUT2D eigenvalue weighted by Gasteiger charge is 2.11. The fourth-order valence-corrected chi connectivity index (χ4v) is 1.25. The van der Waals surface area contributed by atoms with Gasteiger partial charge in [0.2, 0.25) is 0 Å². The van der Waals surface area contributed by atoms with Gasteiger partial charge in [-0.3, -0.25) is 0 Å². The van der Waals surface area contributed by atoms with E-state index in [-0.39, 0.29) is 0 Å². The zero-order valence-corrected chi connectivity index (χ0v) is 7.80. The van der Waals surface area contributed by atoms with Crippen LogP contribution in [0.3, 0.4) is 0 Å². The van der Waals surface area contributed by atoms with Crippen LogP contribution in [-0.4, -0.2) is 5.16 Å². The quantitative estimate of drug-likeness (QED) is 0.694. The first-order valence-corrected chi connectivity index (χ1v) is 4.25. The van der Waals surface area contributed by atoms with E-state index >= 15 is 0 Å². The van der Waals surface area contributed by atoms with Crippen molar-refractivity contribution in [2.24, 2.45) is 0 Å². The van der Waals surface area contributed by atoms with E-state index in [1.165, 1.54) is 0 Å². The molecule has 0 fully saturated rings. The predicted molar refractivity (Wildman–Crippen MR) is 50.5 cm³/mol. The average Bonchev–Trinajstić information content (AvgIpc) is 2.49. The zero-order valence-electron chi connectivity index (χ0n) is 7.04. The number of nitrogens with zero attached hydrogens (tertiary/aromatic N) is 1. The number of aromatic nitrogens is 1. The Labute approximate surface area is 81.1 Å². The van der Waals surface area contributed by atoms with Gasteiger partial charge in [-0.1, -0.05) is 35.0 Å². The van der Waals surface area contributed by atoms with Crippen molar-refractivity contribution in [1.82, 2.24) is 5.16 Å². The Kier molecular flexibility index (Phi) is 2.07. The summed E-state index contributed by atoms with van der Waals surface area (Å²) in [4.78, 5) is 0. The first-order valence-electron chi connectivity index (χ1n) is 3.87. The molecule has 2 rings (SSSR count). The van der Waals surface area contributed by atoms with Gasteiger partial charge in [-0.05, 0) is 19.1 Å². The molecule has 1 radical (unpaired) electrons. The number of hydrogen-bond acceptors (Lipinski definition) is 2. The van der Waals surface area contributed by atoms with Crippen LogP contribution >= 0.6 is 11.6 Å². The van der Waals surface area contributed by atoms with Crippen LogP contribution in [0.5, 0.6) is 0 Å². The highest BCUT2D eigenvalue weighted by atomic mass is 35.5. The van der Waals surface area contributed by atoms with E-state index in [2.05, 4.69) is 11.2 Å². The van der Waals surface area contributed by atoms with Crippen molar-refractivity contribution in [1.29, 1.82) is 0 Å². The highest BCUT2D eigenvalue weighted by molar-refractivity contribution is 6.33. The minimum Gasteiger partial charge on any atom is -0.354 e. The topological polar surface area (TPSA) is 26.0 Å². The van der Waals surface area contributed by atoms with Gasteiger partial charge in [0.1, 0.15) is 5.02 Å². The van der Waals surface area contributed by atoms with Gasteiger partial charge in [-0.25, -0.2) is 0 Å². The van der Waals surface area contributed by atoms with Crippen molar-refractivity contribution in [2.45, 2.75) is 6.92 Å². The summed E-state index contributed by atoms with van der Waals surface area (Å²) in [7, 11) is 0. The molecule has 0 atom stereocenters. The molecule has 0 amide bonds. The fourth-order valence-electron chi connectivity index (χ4n) is 1.07. The first-order chi connectivity index (χ1) is 6.29. The van der Waals surface area contributed by atoms with Crippen molar-refractivity contribution < 1.29 is 4.52 Å². The van der Waals surface area contributed by atoms with Crippen molar-refractivity contribution in [3.63, 3.8) is 0 Å². The SMILES string of the molecule is Cc1noc(-c2c[c]ccc2)c1Cl. The van der Waals surface area contributed by atoms with Gasteiger partial charge in [-0.15, -0.1) is 0 Å². The normalized spacial score (nSPS) is 10.3. The van der Waals surface area contributed by atoms with E-state index in [1.807, 2.05) is 31.2 Å². The minimum absolute atomic E-state index is 0.569. The zero-order chi connectivity index (χ0) is 9.26. The van der Waals surface area contributed by atoms with E-state index in [1.54, 1.807) is 0 Å². The summed E-state index contributed by atoms with van der Waals surface area (Å²) in [6.07, 6.45) is 0. The predicted octanol–water partition coefficient (Wildman–Crippen LogP) is 3.10. The number of benzene rings is 1. The van der Waals surface area contributed by atoms with Crippen LogP contribution in [0.25, 0.3) is 11.3 Å². The molecule has 0 spiro atoms. The number of hydrogen-bond donors (Lipinski definition) is 0. The molecule has 0 bridgehead atoms. The number of halogens is 1. The molecule has 0 saturated heterocycles. The third kappa shape index (κ3) is 1.45. The summed E-state index contributed by atoms with van der Waals surface area (Å²) < 4.78 is 5.08. The molecular weight excluding hydrogens is 186 g/mol. The van der Waals surface area contributed by atoms with Gasteiger partial charge < -0.3 is 4.52 Å². The first kappa shape index (κ1) is 8.32. The summed E-state index contributed by atoms with van der Waals surface area (Å²) in [5, 5.41) is 4.34. The van der Waals surface area contributed by atoms with E-state index in [0.717, 1.165) is 5.56 Å². The molecule has 3 heteroatoms. The molecule has 0 aliphatic heterocycles. The Bertz CT molecular complexity index is 408. The maximum Gasteiger partial charge on any atom is 0.185 e. The molecule has 0 aliphatic rings. The third-order valence-electron chi connectivity index (χ3n) is 1.76. The van der Waals surface area contributed by atoms with Crippen LogP contribution in [0.15, 0.2) is 28.8 Å². The van der Waals surface area contributed by atoms with Crippen LogP contribution < -0.4 is 0 Å². The summed E-state index contributed by atoms with van der Waals surface area (Å²) >= 11 is 5.97. The largest absolute Gasteiger partial charge is 0.354 e. The summed E-state index contributed by atoms with van der Waals surface area (Å²) in [5.74, 6) is 0.607. The lowest BCUT2D eigenvalue weighted by Crippen LogP contribution is -1.73. The van der Waals surface area contributed by atoms with E-state index in [9.17, 15) is 0 Å². The van der Waals surface area contributed by atoms with Crippen LogP contribution in [0.1, 0.15) is 5.69 Å². The molecule has 13 heavy (non-hydrogen) atoms. The Morgan fingerprint density at radius 1 is 1.54 bits per heavy atom. The molecular formula is C10H7ClNO. The summed E-state index contributed by atoms with van der Waals surface area (Å²) in [6.45, 7) is 1.81. The summed E-state index contributed by atoms with van der Waals surface area (Å²) in [6, 6.07) is 10.4. The second-order valence-electron chi connectivity index (χ2n) is 2.70. The van der Waals surface area contributed by atoms with Crippen LogP contribution in [0.2, 0.25) is 5.02 Å². The number of rotatable bonds is 1. The number of aryl methyl sites for hydroxylation is 1. The lowest BCUT2D eigenvalue weighted by Gasteiger charge is -1.93. The fraction of sp³-hybridized carbons (Fsp3) is 0.100. The van der Waals surface area contributed by atoms with E-state index < -0.39 is 0 Å². The van der Waals surface area contributed by atoms with Crippen molar-refractivity contribution in [3.8, 4) is 11.3 Å². The smallest absolute Gasteiger partial charge is 0.185 e. The Morgan fingerprint density at radius 3 is 2.92 bits per heavy atom. The van der Waals surface area contributed by atoms with Gasteiger partial charge in [0, 0.05) is 5.56 Å². The van der Waals surface area contributed by atoms with Crippen LogP contribution in [0.4, 0.5) is 0 Å². The van der Waals surface area contributed by atoms with Crippen LogP contribution in [0, 0.1) is 13.0 Å². The summed E-state index contributed by atoms with van der Waals surface area (Å²) in [5.41, 5.74) is 1.61. The van der Waals surface area contributed by atoms with E-state index in [4.69, 9.17) is 16.1 Å². The van der Waals surface area contributed by atoms with Gasteiger partial charge in [0.15, 0.2) is 5.76 Å². The van der Waals surface area contributed by atoms with E-state index in [0.29, 0.717) is 16.5 Å². The minimum atomic E-state index is 0.569. The molecule has 0 saturated carbocycles. The molecule has 1 aromatic carbocycles. The Balaban J connectivity index is 2.53. The monoisotopic (exact) mass is 192 g/mol. The molecule has 0 aliphatic carbocycles. The van der Waals surface area contributed by atoms with Crippen molar-refractivity contribution in [3.05, 3.63) is 41.0 Å². The second kappa shape index (κ2) is 3.23. The Hall–Kier alpha value is -1.28. The average molecular weight is 193 g/mol. The molecule has 65 valence electrons.